The Morgan fingerprint density at radius 1 is 1.26 bits per heavy atom. The van der Waals surface area contributed by atoms with Crippen LogP contribution in [0.25, 0.3) is 0 Å². The zero-order chi connectivity index (χ0) is 18.8. The van der Waals surface area contributed by atoms with Gasteiger partial charge < -0.3 is 9.64 Å². The molecule has 27 heavy (non-hydrogen) atoms. The first-order valence-corrected chi connectivity index (χ1v) is 9.80. The molecular weight excluding hydrogens is 336 g/mol. The first kappa shape index (κ1) is 17.8. The van der Waals surface area contributed by atoms with Crippen molar-refractivity contribution in [1.82, 2.24) is 4.90 Å². The number of hydrogen-bond acceptors (Lipinski definition) is 3. The summed E-state index contributed by atoms with van der Waals surface area (Å²) in [5.74, 6) is 1.51. The van der Waals surface area contributed by atoms with Gasteiger partial charge in [-0.1, -0.05) is 31.2 Å². The minimum atomic E-state index is 0.0233. The molecule has 0 bridgehead atoms. The van der Waals surface area contributed by atoms with Crippen molar-refractivity contribution in [3.8, 4) is 5.75 Å². The number of fused-ring (bicyclic) bond motifs is 1. The number of hydrogen-bond donors (Lipinski definition) is 0. The lowest BCUT2D eigenvalue weighted by Crippen LogP contribution is -2.26. The van der Waals surface area contributed by atoms with E-state index in [9.17, 15) is 4.79 Å². The SMILES string of the molecule is CCCOc1cc(C(=O)N(C)Cc2cccc3c2CN=C3)ccc1C1CC1. The number of aliphatic imine (C=N–C) groups is 1. The molecule has 2 aromatic carbocycles. The van der Waals surface area contributed by atoms with Crippen LogP contribution in [0, 0.1) is 0 Å². The molecule has 2 aromatic rings. The van der Waals surface area contributed by atoms with Crippen LogP contribution in [0.1, 0.15) is 64.7 Å². The molecule has 0 radical (unpaired) electrons. The molecule has 1 aliphatic heterocycles. The van der Waals surface area contributed by atoms with Crippen molar-refractivity contribution < 1.29 is 9.53 Å². The Bertz CT molecular complexity index is 884. The van der Waals surface area contributed by atoms with Crippen LogP contribution in [0.3, 0.4) is 0 Å². The highest BCUT2D eigenvalue weighted by atomic mass is 16.5. The first-order chi connectivity index (χ1) is 13.2. The van der Waals surface area contributed by atoms with Gasteiger partial charge in [0.05, 0.1) is 13.2 Å². The van der Waals surface area contributed by atoms with Gasteiger partial charge in [-0.2, -0.15) is 0 Å². The third-order valence-electron chi connectivity index (χ3n) is 5.28. The summed E-state index contributed by atoms with van der Waals surface area (Å²) < 4.78 is 5.95. The Kier molecular flexibility index (Phi) is 4.97. The van der Waals surface area contributed by atoms with E-state index in [0.717, 1.165) is 23.3 Å². The largest absolute Gasteiger partial charge is 0.493 e. The van der Waals surface area contributed by atoms with E-state index >= 15 is 0 Å². The molecular formula is C23H26N2O2. The van der Waals surface area contributed by atoms with E-state index in [1.54, 1.807) is 4.90 Å². The summed E-state index contributed by atoms with van der Waals surface area (Å²) >= 11 is 0. The lowest BCUT2D eigenvalue weighted by Gasteiger charge is -2.20. The molecule has 140 valence electrons. The van der Waals surface area contributed by atoms with Gasteiger partial charge in [-0.25, -0.2) is 0 Å². The topological polar surface area (TPSA) is 41.9 Å². The van der Waals surface area contributed by atoms with E-state index in [-0.39, 0.29) is 5.91 Å². The fraction of sp³-hybridized carbons (Fsp3) is 0.391. The predicted molar refractivity (Wildman–Crippen MR) is 108 cm³/mol. The number of benzene rings is 2. The fourth-order valence-corrected chi connectivity index (χ4v) is 3.64. The quantitative estimate of drug-likeness (QED) is 0.725. The van der Waals surface area contributed by atoms with Gasteiger partial charge in [0, 0.05) is 25.4 Å². The van der Waals surface area contributed by atoms with Gasteiger partial charge in [0.25, 0.3) is 5.91 Å². The highest BCUT2D eigenvalue weighted by molar-refractivity contribution is 5.94. The van der Waals surface area contributed by atoms with Crippen LogP contribution >= 0.6 is 0 Å². The molecule has 0 aromatic heterocycles. The molecule has 0 saturated heterocycles. The average Bonchev–Trinajstić information content (AvgIpc) is 3.41. The molecule has 1 saturated carbocycles. The van der Waals surface area contributed by atoms with Crippen molar-refractivity contribution in [1.29, 1.82) is 0 Å². The second kappa shape index (κ2) is 7.55. The molecule has 4 heteroatoms. The molecule has 1 amide bonds. The van der Waals surface area contributed by atoms with E-state index in [2.05, 4.69) is 30.1 Å². The zero-order valence-corrected chi connectivity index (χ0v) is 16.1. The van der Waals surface area contributed by atoms with Crippen LogP contribution < -0.4 is 4.74 Å². The van der Waals surface area contributed by atoms with E-state index < -0.39 is 0 Å². The number of carbonyl (C=O) groups excluding carboxylic acids is 1. The molecule has 0 atom stereocenters. The monoisotopic (exact) mass is 362 g/mol. The molecule has 2 aliphatic rings. The normalized spacial score (nSPS) is 14.9. The molecule has 0 spiro atoms. The van der Waals surface area contributed by atoms with Crippen molar-refractivity contribution in [2.75, 3.05) is 13.7 Å². The second-order valence-corrected chi connectivity index (χ2v) is 7.49. The molecule has 1 fully saturated rings. The van der Waals surface area contributed by atoms with E-state index in [1.165, 1.54) is 24.0 Å². The number of ether oxygens (including phenoxy) is 1. The zero-order valence-electron chi connectivity index (χ0n) is 16.1. The van der Waals surface area contributed by atoms with E-state index in [0.29, 0.717) is 31.2 Å². The number of carbonyl (C=O) groups is 1. The van der Waals surface area contributed by atoms with Crippen LogP contribution in [0.5, 0.6) is 5.75 Å². The molecule has 0 N–H and O–H groups in total. The van der Waals surface area contributed by atoms with Gasteiger partial charge >= 0.3 is 0 Å². The van der Waals surface area contributed by atoms with Crippen molar-refractivity contribution in [2.45, 2.75) is 45.2 Å². The standard InChI is InChI=1S/C23H26N2O2/c1-3-11-27-22-12-17(9-10-20(22)16-7-8-16)23(26)25(2)15-19-6-4-5-18-13-24-14-21(18)19/h4-6,9-10,12-13,16H,3,7-8,11,14-15H2,1-2H3. The predicted octanol–water partition coefficient (Wildman–Crippen LogP) is 4.56. The summed E-state index contributed by atoms with van der Waals surface area (Å²) in [6.45, 7) is 4.07. The summed E-state index contributed by atoms with van der Waals surface area (Å²) in [7, 11) is 1.86. The maximum absolute atomic E-state index is 13.0. The van der Waals surface area contributed by atoms with E-state index in [4.69, 9.17) is 4.74 Å². The van der Waals surface area contributed by atoms with Crippen molar-refractivity contribution >= 4 is 12.1 Å². The molecule has 0 unspecified atom stereocenters. The Morgan fingerprint density at radius 2 is 2.11 bits per heavy atom. The fourth-order valence-electron chi connectivity index (χ4n) is 3.64. The summed E-state index contributed by atoms with van der Waals surface area (Å²) in [5, 5.41) is 0. The maximum atomic E-state index is 13.0. The van der Waals surface area contributed by atoms with Crippen LogP contribution in [-0.2, 0) is 13.1 Å². The van der Waals surface area contributed by atoms with Crippen LogP contribution in [0.15, 0.2) is 41.4 Å². The van der Waals surface area contributed by atoms with Crippen molar-refractivity contribution in [3.63, 3.8) is 0 Å². The van der Waals surface area contributed by atoms with E-state index in [1.807, 2.05) is 31.5 Å². The van der Waals surface area contributed by atoms with Gasteiger partial charge in [-0.15, -0.1) is 0 Å². The van der Waals surface area contributed by atoms with Gasteiger partial charge in [0.1, 0.15) is 5.75 Å². The highest BCUT2D eigenvalue weighted by Crippen LogP contribution is 2.44. The van der Waals surface area contributed by atoms with Crippen LogP contribution in [-0.4, -0.2) is 30.7 Å². The molecule has 1 heterocycles. The second-order valence-electron chi connectivity index (χ2n) is 7.49. The smallest absolute Gasteiger partial charge is 0.254 e. The Morgan fingerprint density at radius 3 is 2.89 bits per heavy atom. The van der Waals surface area contributed by atoms with Crippen molar-refractivity contribution in [2.24, 2.45) is 4.99 Å². The summed E-state index contributed by atoms with van der Waals surface area (Å²) in [5.41, 5.74) is 5.50. The summed E-state index contributed by atoms with van der Waals surface area (Å²) in [6, 6.07) is 12.2. The number of rotatable bonds is 7. The van der Waals surface area contributed by atoms with Gasteiger partial charge in [-0.3, -0.25) is 9.79 Å². The average molecular weight is 362 g/mol. The van der Waals surface area contributed by atoms with Crippen molar-refractivity contribution in [3.05, 3.63) is 64.2 Å². The highest BCUT2D eigenvalue weighted by Gasteiger charge is 2.27. The molecule has 4 rings (SSSR count). The Balaban J connectivity index is 1.52. The Hall–Kier alpha value is -2.62. The molecule has 4 nitrogen and oxygen atoms in total. The summed E-state index contributed by atoms with van der Waals surface area (Å²) in [6.07, 6.45) is 5.31. The third kappa shape index (κ3) is 3.75. The lowest BCUT2D eigenvalue weighted by atomic mass is 10.0. The molecule has 1 aliphatic carbocycles. The number of amides is 1. The maximum Gasteiger partial charge on any atom is 0.254 e. The third-order valence-corrected chi connectivity index (χ3v) is 5.28. The minimum Gasteiger partial charge on any atom is -0.493 e. The first-order valence-electron chi connectivity index (χ1n) is 9.80. The lowest BCUT2D eigenvalue weighted by molar-refractivity contribution is 0.0784. The van der Waals surface area contributed by atoms with Crippen LogP contribution in [0.4, 0.5) is 0 Å². The van der Waals surface area contributed by atoms with Gasteiger partial charge in [0.2, 0.25) is 0 Å². The van der Waals surface area contributed by atoms with Gasteiger partial charge in [-0.05, 0) is 59.6 Å². The van der Waals surface area contributed by atoms with Gasteiger partial charge in [0.15, 0.2) is 0 Å². The number of nitrogens with zero attached hydrogens (tertiary/aromatic N) is 2. The minimum absolute atomic E-state index is 0.0233. The van der Waals surface area contributed by atoms with Crippen LogP contribution in [0.2, 0.25) is 0 Å². The Labute approximate surface area is 160 Å². The summed E-state index contributed by atoms with van der Waals surface area (Å²) in [4.78, 5) is 19.1.